The highest BCUT2D eigenvalue weighted by atomic mass is 17.0. The Bertz CT molecular complexity index is 131. The summed E-state index contributed by atoms with van der Waals surface area (Å²) in [6.45, 7) is 5.32. The Labute approximate surface area is 70.2 Å². The van der Waals surface area contributed by atoms with Crippen molar-refractivity contribution in [2.24, 2.45) is 0 Å². The Hall–Kier alpha value is -1.33. The fraction of sp³-hybridized carbons (Fsp3) is 0.833. The Balaban J connectivity index is 0. The van der Waals surface area contributed by atoms with Gasteiger partial charge >= 0.3 is 5.97 Å². The van der Waals surface area contributed by atoms with Gasteiger partial charge in [-0.1, -0.05) is 13.8 Å². The molecule has 0 heterocycles. The molecular weight excluding hydrogens is 166 g/mol. The number of rotatable bonds is 4. The van der Waals surface area contributed by atoms with Gasteiger partial charge in [0.05, 0.1) is 6.42 Å². The van der Waals surface area contributed by atoms with Crippen LogP contribution in [0.4, 0.5) is 0 Å². The Morgan fingerprint density at radius 3 is 2.33 bits per heavy atom. The van der Waals surface area contributed by atoms with Crippen LogP contribution in [0.15, 0.2) is 0 Å². The topological polar surface area (TPSA) is 89.7 Å². The molecule has 0 amide bonds. The van der Waals surface area contributed by atoms with Crippen molar-refractivity contribution in [2.75, 3.05) is 0 Å². The first-order valence-electron chi connectivity index (χ1n) is 3.55. The number of hydrogen-bond acceptors (Lipinski definition) is 4. The molecule has 12 heavy (non-hydrogen) atoms. The van der Waals surface area contributed by atoms with Gasteiger partial charge in [0.15, 0.2) is 0 Å². The summed E-state index contributed by atoms with van der Waals surface area (Å²) in [6.07, 6.45) is -1.24. The maximum atomic E-state index is 9.89. The van der Waals surface area contributed by atoms with Gasteiger partial charge in [0.25, 0.3) is 5.09 Å². The summed E-state index contributed by atoms with van der Waals surface area (Å²) in [5.41, 5.74) is 0. The second-order valence-electron chi connectivity index (χ2n) is 1.74. The van der Waals surface area contributed by atoms with Gasteiger partial charge in [-0.3, -0.25) is 4.79 Å². The van der Waals surface area contributed by atoms with Crippen molar-refractivity contribution < 1.29 is 19.8 Å². The molecule has 0 aliphatic carbocycles. The van der Waals surface area contributed by atoms with Crippen LogP contribution in [-0.4, -0.2) is 22.3 Å². The summed E-state index contributed by atoms with van der Waals surface area (Å²) in [4.78, 5) is 23.4. The normalized spacial score (nSPS) is 10.6. The van der Waals surface area contributed by atoms with E-state index in [2.05, 4.69) is 4.84 Å². The average molecular weight is 179 g/mol. The van der Waals surface area contributed by atoms with Gasteiger partial charge in [0.1, 0.15) is 6.10 Å². The van der Waals surface area contributed by atoms with E-state index in [1.165, 1.54) is 6.92 Å². The third kappa shape index (κ3) is 11.5. The molecule has 0 rings (SSSR count). The lowest BCUT2D eigenvalue weighted by atomic mass is 10.3. The minimum atomic E-state index is -1.12. The standard InChI is InChI=1S/C4H7NO5.C2H6/c1-3(2-4(6)7)10-5(8)9;1-2/h3H,2H2,1H3,(H,6,7);1-2H3. The van der Waals surface area contributed by atoms with Gasteiger partial charge in [0.2, 0.25) is 0 Å². The lowest BCUT2D eigenvalue weighted by Gasteiger charge is -2.03. The van der Waals surface area contributed by atoms with Crippen molar-refractivity contribution in [3.63, 3.8) is 0 Å². The lowest BCUT2D eigenvalue weighted by Crippen LogP contribution is -2.16. The third-order valence-corrected chi connectivity index (χ3v) is 0.728. The molecule has 6 heteroatoms. The minimum Gasteiger partial charge on any atom is -0.481 e. The number of carboxylic acid groups (broad SMARTS) is 1. The van der Waals surface area contributed by atoms with Crippen LogP contribution in [0.25, 0.3) is 0 Å². The average Bonchev–Trinajstić information content (AvgIpc) is 1.87. The molecule has 0 saturated heterocycles. The van der Waals surface area contributed by atoms with Gasteiger partial charge in [0, 0.05) is 0 Å². The Morgan fingerprint density at radius 1 is 1.67 bits per heavy atom. The van der Waals surface area contributed by atoms with E-state index in [9.17, 15) is 14.9 Å². The van der Waals surface area contributed by atoms with Gasteiger partial charge in [-0.25, -0.2) is 0 Å². The first kappa shape index (κ1) is 13.3. The molecule has 0 spiro atoms. The Morgan fingerprint density at radius 2 is 2.08 bits per heavy atom. The van der Waals surface area contributed by atoms with E-state index in [0.29, 0.717) is 0 Å². The number of nitrogens with zero attached hydrogens (tertiary/aromatic N) is 1. The van der Waals surface area contributed by atoms with Crippen LogP contribution in [0.5, 0.6) is 0 Å². The highest BCUT2D eigenvalue weighted by molar-refractivity contribution is 5.67. The molecule has 0 aromatic heterocycles. The number of carbonyl (C=O) groups is 1. The van der Waals surface area contributed by atoms with E-state index in [0.717, 1.165) is 0 Å². The van der Waals surface area contributed by atoms with Crippen molar-refractivity contribution in [1.82, 2.24) is 0 Å². The zero-order valence-corrected chi connectivity index (χ0v) is 7.31. The van der Waals surface area contributed by atoms with E-state index < -0.39 is 17.2 Å². The molecule has 0 radical (unpaired) electrons. The second kappa shape index (κ2) is 7.77. The summed E-state index contributed by atoms with van der Waals surface area (Å²) >= 11 is 0. The fourth-order valence-electron chi connectivity index (χ4n) is 0.430. The molecule has 0 fully saturated rings. The lowest BCUT2D eigenvalue weighted by molar-refractivity contribution is -0.767. The van der Waals surface area contributed by atoms with Crippen molar-refractivity contribution in [3.05, 3.63) is 10.1 Å². The first-order valence-corrected chi connectivity index (χ1v) is 3.55. The maximum Gasteiger partial charge on any atom is 0.305 e. The Kier molecular flexibility index (Phi) is 8.60. The van der Waals surface area contributed by atoms with Crippen LogP contribution in [-0.2, 0) is 9.63 Å². The van der Waals surface area contributed by atoms with Gasteiger partial charge in [-0.05, 0) is 6.92 Å². The summed E-state index contributed by atoms with van der Waals surface area (Å²) in [6, 6.07) is 0. The van der Waals surface area contributed by atoms with Crippen LogP contribution >= 0.6 is 0 Å². The first-order chi connectivity index (χ1) is 5.52. The van der Waals surface area contributed by atoms with Crippen LogP contribution in [0.2, 0.25) is 0 Å². The zero-order valence-electron chi connectivity index (χ0n) is 7.31. The summed E-state index contributed by atoms with van der Waals surface area (Å²) in [5, 5.41) is 16.7. The predicted molar refractivity (Wildman–Crippen MR) is 41.1 cm³/mol. The van der Waals surface area contributed by atoms with E-state index >= 15 is 0 Å². The molecule has 1 N–H and O–H groups in total. The summed E-state index contributed by atoms with van der Waals surface area (Å²) < 4.78 is 0. The summed E-state index contributed by atoms with van der Waals surface area (Å²) in [5.74, 6) is -1.12. The molecular formula is C6H13NO5. The van der Waals surface area contributed by atoms with Crippen molar-refractivity contribution >= 4 is 5.97 Å². The van der Waals surface area contributed by atoms with Gasteiger partial charge in [-0.2, -0.15) is 0 Å². The third-order valence-electron chi connectivity index (χ3n) is 0.728. The smallest absolute Gasteiger partial charge is 0.305 e. The van der Waals surface area contributed by atoms with Gasteiger partial charge in [-0.15, -0.1) is 10.1 Å². The van der Waals surface area contributed by atoms with Crippen LogP contribution in [0, 0.1) is 10.1 Å². The quantitative estimate of drug-likeness (QED) is 0.515. The number of carboxylic acids is 1. The van der Waals surface area contributed by atoms with E-state index in [4.69, 9.17) is 5.11 Å². The zero-order chi connectivity index (χ0) is 10.1. The van der Waals surface area contributed by atoms with E-state index in [1.54, 1.807) is 0 Å². The van der Waals surface area contributed by atoms with Crippen LogP contribution in [0.3, 0.4) is 0 Å². The van der Waals surface area contributed by atoms with E-state index in [1.807, 2.05) is 13.8 Å². The summed E-state index contributed by atoms with van der Waals surface area (Å²) in [7, 11) is 0. The van der Waals surface area contributed by atoms with Crippen molar-refractivity contribution in [2.45, 2.75) is 33.3 Å². The molecule has 0 saturated carbocycles. The second-order valence-corrected chi connectivity index (χ2v) is 1.74. The largest absolute Gasteiger partial charge is 0.481 e. The highest BCUT2D eigenvalue weighted by Crippen LogP contribution is 1.95. The predicted octanol–water partition coefficient (Wildman–Crippen LogP) is 1.08. The van der Waals surface area contributed by atoms with Crippen LogP contribution in [0.1, 0.15) is 27.2 Å². The van der Waals surface area contributed by atoms with E-state index in [-0.39, 0.29) is 6.42 Å². The molecule has 0 bridgehead atoms. The molecule has 0 aromatic carbocycles. The molecule has 1 atom stereocenters. The van der Waals surface area contributed by atoms with Crippen LogP contribution < -0.4 is 0 Å². The monoisotopic (exact) mass is 179 g/mol. The van der Waals surface area contributed by atoms with Crippen molar-refractivity contribution in [1.29, 1.82) is 0 Å². The molecule has 0 aromatic rings. The molecule has 72 valence electrons. The molecule has 6 nitrogen and oxygen atoms in total. The maximum absolute atomic E-state index is 9.89. The fourth-order valence-corrected chi connectivity index (χ4v) is 0.430. The van der Waals surface area contributed by atoms with Gasteiger partial charge < -0.3 is 9.94 Å². The number of hydrogen-bond donors (Lipinski definition) is 1. The van der Waals surface area contributed by atoms with Crippen molar-refractivity contribution in [3.8, 4) is 0 Å². The highest BCUT2D eigenvalue weighted by Gasteiger charge is 2.10. The number of aliphatic carboxylic acids is 1. The minimum absolute atomic E-state index is 0.360. The molecule has 0 aliphatic rings. The molecule has 1 unspecified atom stereocenters. The SMILES string of the molecule is CC.CC(CC(=O)O)O[N+](=O)[O-]. The molecule has 0 aliphatic heterocycles.